The van der Waals surface area contributed by atoms with E-state index in [4.69, 9.17) is 5.10 Å². The van der Waals surface area contributed by atoms with Gasteiger partial charge in [-0.25, -0.2) is 4.68 Å². The Morgan fingerprint density at radius 3 is 2.46 bits per heavy atom. The highest BCUT2D eigenvalue weighted by atomic mass is 79.9. The molecule has 0 saturated carbocycles. The lowest BCUT2D eigenvalue weighted by molar-refractivity contribution is 0.112. The van der Waals surface area contributed by atoms with Crippen LogP contribution in [0.1, 0.15) is 28.9 Å². The van der Waals surface area contributed by atoms with Crippen LogP contribution in [0.5, 0.6) is 0 Å². The van der Waals surface area contributed by atoms with Crippen molar-refractivity contribution < 1.29 is 4.79 Å². The molecule has 1 aliphatic carbocycles. The number of hydrogen-bond acceptors (Lipinski definition) is 2. The molecule has 0 radical (unpaired) electrons. The summed E-state index contributed by atoms with van der Waals surface area (Å²) in [6.45, 7) is 0. The molecule has 1 aromatic heterocycles. The molecule has 0 bridgehead atoms. The summed E-state index contributed by atoms with van der Waals surface area (Å²) in [5.41, 5.74) is 5.23. The van der Waals surface area contributed by atoms with Crippen molar-refractivity contribution >= 4 is 27.8 Å². The van der Waals surface area contributed by atoms with Crippen LogP contribution in [0.3, 0.4) is 0 Å². The van der Waals surface area contributed by atoms with E-state index in [0.717, 1.165) is 51.8 Å². The van der Waals surface area contributed by atoms with E-state index in [1.807, 2.05) is 65.4 Å². The van der Waals surface area contributed by atoms with Gasteiger partial charge in [-0.1, -0.05) is 64.5 Å². The predicted octanol–water partition coefficient (Wildman–Crippen LogP) is 5.85. The second kappa shape index (κ2) is 7.26. The van der Waals surface area contributed by atoms with Crippen LogP contribution in [-0.2, 0) is 0 Å². The maximum absolute atomic E-state index is 12.1. The fourth-order valence-corrected chi connectivity index (χ4v) is 3.48. The Hall–Kier alpha value is -2.72. The van der Waals surface area contributed by atoms with Gasteiger partial charge >= 0.3 is 0 Å². The van der Waals surface area contributed by atoms with Crippen LogP contribution >= 0.6 is 15.9 Å². The molecule has 4 heteroatoms. The van der Waals surface area contributed by atoms with Crippen molar-refractivity contribution in [1.82, 2.24) is 9.78 Å². The molecular formula is C22H17BrN2O. The van der Waals surface area contributed by atoms with Gasteiger partial charge in [0, 0.05) is 10.0 Å². The van der Waals surface area contributed by atoms with Gasteiger partial charge in [0.05, 0.1) is 22.6 Å². The van der Waals surface area contributed by atoms with Gasteiger partial charge in [0.25, 0.3) is 0 Å². The quantitative estimate of drug-likeness (QED) is 0.511. The largest absolute Gasteiger partial charge is 0.298 e. The molecule has 2 aromatic carbocycles. The molecule has 1 heterocycles. The van der Waals surface area contributed by atoms with E-state index in [1.54, 1.807) is 0 Å². The molecule has 0 aliphatic heterocycles. The predicted molar refractivity (Wildman–Crippen MR) is 108 cm³/mol. The number of carbonyl (C=O) groups is 1. The molecule has 3 nitrogen and oxygen atoms in total. The Labute approximate surface area is 160 Å². The Balaban J connectivity index is 1.99. The Kier molecular flexibility index (Phi) is 4.67. The zero-order chi connectivity index (χ0) is 17.9. The molecule has 4 rings (SSSR count). The third-order valence-corrected chi connectivity index (χ3v) is 5.00. The highest BCUT2D eigenvalue weighted by molar-refractivity contribution is 9.10. The van der Waals surface area contributed by atoms with Gasteiger partial charge in [0.15, 0.2) is 6.29 Å². The number of aromatic nitrogens is 2. The molecule has 0 spiro atoms. The average molecular weight is 405 g/mol. The van der Waals surface area contributed by atoms with E-state index < -0.39 is 0 Å². The van der Waals surface area contributed by atoms with Gasteiger partial charge < -0.3 is 0 Å². The number of carbonyl (C=O) groups excluding carboxylic acids is 1. The molecule has 128 valence electrons. The lowest BCUT2D eigenvalue weighted by atomic mass is 9.97. The van der Waals surface area contributed by atoms with Gasteiger partial charge in [-0.05, 0) is 42.7 Å². The monoisotopic (exact) mass is 404 g/mol. The van der Waals surface area contributed by atoms with Gasteiger partial charge in [-0.2, -0.15) is 5.10 Å². The van der Waals surface area contributed by atoms with Crippen molar-refractivity contribution in [3.05, 3.63) is 88.6 Å². The minimum atomic E-state index is 0.637. The van der Waals surface area contributed by atoms with Crippen molar-refractivity contribution in [3.8, 4) is 16.9 Å². The number of para-hydroxylation sites is 1. The van der Waals surface area contributed by atoms with Crippen LogP contribution in [0.25, 0.3) is 22.5 Å². The minimum absolute atomic E-state index is 0.637. The molecule has 0 atom stereocenters. The molecule has 0 saturated heterocycles. The van der Waals surface area contributed by atoms with Gasteiger partial charge in [-0.3, -0.25) is 4.79 Å². The average Bonchev–Trinajstić information content (AvgIpc) is 3.09. The lowest BCUT2D eigenvalue weighted by Crippen LogP contribution is -2.00. The summed E-state index contributed by atoms with van der Waals surface area (Å²) in [6.07, 6.45) is 9.01. The molecule has 0 N–H and O–H groups in total. The lowest BCUT2D eigenvalue weighted by Gasteiger charge is -2.08. The minimum Gasteiger partial charge on any atom is -0.298 e. The van der Waals surface area contributed by atoms with Crippen molar-refractivity contribution in [2.24, 2.45) is 0 Å². The van der Waals surface area contributed by atoms with Gasteiger partial charge in [0.1, 0.15) is 0 Å². The van der Waals surface area contributed by atoms with Gasteiger partial charge in [-0.15, -0.1) is 0 Å². The summed E-state index contributed by atoms with van der Waals surface area (Å²) in [4.78, 5) is 12.1. The summed E-state index contributed by atoms with van der Waals surface area (Å²) < 4.78 is 2.88. The molecule has 3 aromatic rings. The van der Waals surface area contributed by atoms with E-state index in [0.29, 0.717) is 5.56 Å². The maximum atomic E-state index is 12.1. The molecule has 0 unspecified atom stereocenters. The number of halogens is 1. The summed E-state index contributed by atoms with van der Waals surface area (Å²) in [6, 6.07) is 17.9. The molecule has 0 fully saturated rings. The number of allylic oxidation sites excluding steroid dienone is 4. The standard InChI is InChI=1S/C22H17BrN2O/c23-18-13-11-17(12-14-18)22-20(15-26)21(16-7-3-1-4-8-16)24-25(22)19-9-5-2-6-10-19/h1-3,5-7,9-15H,4,8H2. The zero-order valence-electron chi connectivity index (χ0n) is 14.1. The third-order valence-electron chi connectivity index (χ3n) is 4.48. The van der Waals surface area contributed by atoms with Crippen molar-refractivity contribution in [1.29, 1.82) is 0 Å². The molecular weight excluding hydrogens is 388 g/mol. The summed E-state index contributed by atoms with van der Waals surface area (Å²) >= 11 is 3.48. The van der Waals surface area contributed by atoms with Gasteiger partial charge in [0.2, 0.25) is 0 Å². The van der Waals surface area contributed by atoms with Crippen LogP contribution in [0.15, 0.2) is 77.3 Å². The molecule has 1 aliphatic rings. The summed E-state index contributed by atoms with van der Waals surface area (Å²) in [5, 5.41) is 4.85. The smallest absolute Gasteiger partial charge is 0.154 e. The SMILES string of the molecule is O=Cc1c(C2=CC=CCC2)nn(-c2ccccc2)c1-c1ccc(Br)cc1. The number of nitrogens with zero attached hydrogens (tertiary/aromatic N) is 2. The fourth-order valence-electron chi connectivity index (χ4n) is 3.22. The Bertz CT molecular complexity index is 999. The van der Waals surface area contributed by atoms with Crippen LogP contribution in [0.2, 0.25) is 0 Å². The first-order valence-electron chi connectivity index (χ1n) is 8.53. The van der Waals surface area contributed by atoms with Crippen LogP contribution in [0, 0.1) is 0 Å². The number of rotatable bonds is 4. The van der Waals surface area contributed by atoms with Crippen molar-refractivity contribution in [2.75, 3.05) is 0 Å². The highest BCUT2D eigenvalue weighted by Gasteiger charge is 2.22. The second-order valence-corrected chi connectivity index (χ2v) is 7.06. The molecule has 0 amide bonds. The summed E-state index contributed by atoms with van der Waals surface area (Å²) in [7, 11) is 0. The normalized spacial score (nSPS) is 13.5. The first-order chi connectivity index (χ1) is 12.8. The van der Waals surface area contributed by atoms with E-state index in [9.17, 15) is 4.79 Å². The fraction of sp³-hybridized carbons (Fsp3) is 0.0909. The summed E-state index contributed by atoms with van der Waals surface area (Å²) in [5.74, 6) is 0. The van der Waals surface area contributed by atoms with Crippen molar-refractivity contribution in [2.45, 2.75) is 12.8 Å². The maximum Gasteiger partial charge on any atom is 0.154 e. The van der Waals surface area contributed by atoms with E-state index >= 15 is 0 Å². The Morgan fingerprint density at radius 1 is 1.04 bits per heavy atom. The highest BCUT2D eigenvalue weighted by Crippen LogP contribution is 2.34. The first-order valence-corrected chi connectivity index (χ1v) is 9.33. The number of aldehydes is 1. The zero-order valence-corrected chi connectivity index (χ0v) is 15.7. The molecule has 26 heavy (non-hydrogen) atoms. The topological polar surface area (TPSA) is 34.9 Å². The van der Waals surface area contributed by atoms with Crippen LogP contribution < -0.4 is 0 Å². The van der Waals surface area contributed by atoms with E-state index in [-0.39, 0.29) is 0 Å². The third kappa shape index (κ3) is 3.08. The van der Waals surface area contributed by atoms with Crippen LogP contribution in [0.4, 0.5) is 0 Å². The number of hydrogen-bond donors (Lipinski definition) is 0. The number of benzene rings is 2. The Morgan fingerprint density at radius 2 is 1.81 bits per heavy atom. The first kappa shape index (κ1) is 16.7. The van der Waals surface area contributed by atoms with E-state index in [2.05, 4.69) is 28.1 Å². The van der Waals surface area contributed by atoms with Crippen molar-refractivity contribution in [3.63, 3.8) is 0 Å². The van der Waals surface area contributed by atoms with E-state index in [1.165, 1.54) is 0 Å². The second-order valence-electron chi connectivity index (χ2n) is 6.14. The van der Waals surface area contributed by atoms with Crippen LogP contribution in [-0.4, -0.2) is 16.1 Å².